The highest BCUT2D eigenvalue weighted by molar-refractivity contribution is 6.04. The summed E-state index contributed by atoms with van der Waals surface area (Å²) in [4.78, 5) is 45.6. The standard InChI is InChI=1S/C23H24N4O3/c28-21(24-13-10-16-6-2-1-3-7-16)17-11-14-27(15-12-17)22(29)20-18-8-4-5-9-19(18)25-23(30)26-20/h1-9,17H,10-15H2,(H,24,28)(H,25,26,30). The number of aromatic nitrogens is 2. The average Bonchev–Trinajstić information content (AvgIpc) is 2.78. The molecule has 1 aliphatic heterocycles. The van der Waals surface area contributed by atoms with Crippen molar-refractivity contribution in [3.63, 3.8) is 0 Å². The molecule has 1 fully saturated rings. The lowest BCUT2D eigenvalue weighted by Gasteiger charge is -2.31. The van der Waals surface area contributed by atoms with Crippen molar-refractivity contribution in [1.29, 1.82) is 0 Å². The third kappa shape index (κ3) is 4.40. The van der Waals surface area contributed by atoms with E-state index in [1.165, 1.54) is 5.56 Å². The molecule has 1 aliphatic rings. The van der Waals surface area contributed by atoms with Crippen molar-refractivity contribution in [2.45, 2.75) is 19.3 Å². The highest BCUT2D eigenvalue weighted by Crippen LogP contribution is 2.21. The van der Waals surface area contributed by atoms with Crippen LogP contribution < -0.4 is 11.0 Å². The fraction of sp³-hybridized carbons (Fsp3) is 0.304. The molecule has 0 aliphatic carbocycles. The average molecular weight is 404 g/mol. The van der Waals surface area contributed by atoms with Gasteiger partial charge in [0.1, 0.15) is 5.69 Å². The van der Waals surface area contributed by atoms with Crippen molar-refractivity contribution >= 4 is 22.7 Å². The molecule has 7 heteroatoms. The van der Waals surface area contributed by atoms with Gasteiger partial charge in [-0.05, 0) is 30.9 Å². The second-order valence-corrected chi connectivity index (χ2v) is 7.53. The van der Waals surface area contributed by atoms with Crippen LogP contribution in [0.4, 0.5) is 0 Å². The van der Waals surface area contributed by atoms with Crippen molar-refractivity contribution in [1.82, 2.24) is 20.2 Å². The molecule has 0 bridgehead atoms. The summed E-state index contributed by atoms with van der Waals surface area (Å²) in [5.74, 6) is -0.327. The van der Waals surface area contributed by atoms with Crippen LogP contribution in [0.15, 0.2) is 59.4 Å². The Bertz CT molecular complexity index is 1100. The number of piperidine rings is 1. The first-order chi connectivity index (χ1) is 14.6. The maximum Gasteiger partial charge on any atom is 0.346 e. The number of hydrogen-bond donors (Lipinski definition) is 2. The zero-order valence-electron chi connectivity index (χ0n) is 16.6. The fourth-order valence-electron chi connectivity index (χ4n) is 3.88. The molecule has 2 heterocycles. The zero-order chi connectivity index (χ0) is 20.9. The van der Waals surface area contributed by atoms with Gasteiger partial charge in [0.25, 0.3) is 5.91 Å². The van der Waals surface area contributed by atoms with Gasteiger partial charge in [-0.15, -0.1) is 0 Å². The van der Waals surface area contributed by atoms with Gasteiger partial charge in [-0.25, -0.2) is 4.79 Å². The van der Waals surface area contributed by atoms with E-state index in [-0.39, 0.29) is 23.4 Å². The Morgan fingerprint density at radius 2 is 1.73 bits per heavy atom. The molecular weight excluding hydrogens is 380 g/mol. The molecule has 7 nitrogen and oxygen atoms in total. The first-order valence-corrected chi connectivity index (χ1v) is 10.2. The summed E-state index contributed by atoms with van der Waals surface area (Å²) >= 11 is 0. The van der Waals surface area contributed by atoms with Gasteiger partial charge in [0.15, 0.2) is 0 Å². The van der Waals surface area contributed by atoms with Crippen molar-refractivity contribution < 1.29 is 9.59 Å². The van der Waals surface area contributed by atoms with Gasteiger partial charge < -0.3 is 15.2 Å². The molecule has 2 amide bonds. The number of carbonyl (C=O) groups excluding carboxylic acids is 2. The number of fused-ring (bicyclic) bond motifs is 1. The highest BCUT2D eigenvalue weighted by Gasteiger charge is 2.29. The van der Waals surface area contributed by atoms with E-state index in [1.54, 1.807) is 23.1 Å². The van der Waals surface area contributed by atoms with E-state index in [4.69, 9.17) is 0 Å². The monoisotopic (exact) mass is 404 g/mol. The van der Waals surface area contributed by atoms with Crippen molar-refractivity contribution in [3.8, 4) is 0 Å². The van der Waals surface area contributed by atoms with Gasteiger partial charge in [0.2, 0.25) is 5.91 Å². The number of amides is 2. The van der Waals surface area contributed by atoms with Crippen molar-refractivity contribution in [2.75, 3.05) is 19.6 Å². The molecule has 2 aromatic carbocycles. The molecule has 4 rings (SSSR count). The molecule has 0 atom stereocenters. The molecule has 30 heavy (non-hydrogen) atoms. The van der Waals surface area contributed by atoms with Crippen LogP contribution in [0, 0.1) is 5.92 Å². The van der Waals surface area contributed by atoms with Crippen LogP contribution in [0.25, 0.3) is 10.9 Å². The van der Waals surface area contributed by atoms with Crippen LogP contribution in [-0.2, 0) is 11.2 Å². The number of rotatable bonds is 5. The molecule has 154 valence electrons. The number of benzene rings is 2. The topological polar surface area (TPSA) is 95.2 Å². The molecule has 3 aromatic rings. The van der Waals surface area contributed by atoms with Crippen molar-refractivity contribution in [3.05, 3.63) is 76.3 Å². The number of nitrogens with one attached hydrogen (secondary N) is 2. The summed E-state index contributed by atoms with van der Waals surface area (Å²) in [6.45, 7) is 1.54. The van der Waals surface area contributed by atoms with Gasteiger partial charge in [-0.1, -0.05) is 48.5 Å². The second kappa shape index (κ2) is 8.90. The van der Waals surface area contributed by atoms with Crippen LogP contribution in [0.2, 0.25) is 0 Å². The molecule has 0 saturated carbocycles. The molecule has 1 aromatic heterocycles. The van der Waals surface area contributed by atoms with Gasteiger partial charge in [0, 0.05) is 30.9 Å². The molecule has 0 radical (unpaired) electrons. The quantitative estimate of drug-likeness (QED) is 0.681. The third-order valence-electron chi connectivity index (χ3n) is 5.55. The van der Waals surface area contributed by atoms with E-state index in [1.807, 2.05) is 36.4 Å². The lowest BCUT2D eigenvalue weighted by molar-refractivity contribution is -0.126. The predicted octanol–water partition coefficient (Wildman–Crippen LogP) is 2.13. The Labute approximate surface area is 174 Å². The summed E-state index contributed by atoms with van der Waals surface area (Å²) in [6, 6.07) is 17.2. The normalized spacial score (nSPS) is 14.6. The van der Waals surface area contributed by atoms with Gasteiger partial charge in [0.05, 0.1) is 5.52 Å². The van der Waals surface area contributed by atoms with Crippen molar-refractivity contribution in [2.24, 2.45) is 5.92 Å². The minimum Gasteiger partial charge on any atom is -0.356 e. The number of para-hydroxylation sites is 1. The number of aromatic amines is 1. The van der Waals surface area contributed by atoms with Crippen LogP contribution in [0.1, 0.15) is 28.9 Å². The summed E-state index contributed by atoms with van der Waals surface area (Å²) in [7, 11) is 0. The molecular formula is C23H24N4O3. The number of likely N-dealkylation sites (tertiary alicyclic amines) is 1. The maximum absolute atomic E-state index is 13.0. The fourth-order valence-corrected chi connectivity index (χ4v) is 3.88. The molecule has 0 unspecified atom stereocenters. The second-order valence-electron chi connectivity index (χ2n) is 7.53. The van der Waals surface area contributed by atoms with E-state index in [2.05, 4.69) is 15.3 Å². The lowest BCUT2D eigenvalue weighted by Crippen LogP contribution is -2.44. The van der Waals surface area contributed by atoms with E-state index in [0.717, 1.165) is 6.42 Å². The van der Waals surface area contributed by atoms with E-state index >= 15 is 0 Å². The Morgan fingerprint density at radius 3 is 2.50 bits per heavy atom. The predicted molar refractivity (Wildman–Crippen MR) is 114 cm³/mol. The Hall–Kier alpha value is -3.48. The molecule has 0 spiro atoms. The van der Waals surface area contributed by atoms with Gasteiger partial charge in [-0.3, -0.25) is 9.59 Å². The largest absolute Gasteiger partial charge is 0.356 e. The Balaban J connectivity index is 1.34. The Kier molecular flexibility index (Phi) is 5.88. The zero-order valence-corrected chi connectivity index (χ0v) is 16.6. The van der Waals surface area contributed by atoms with E-state index < -0.39 is 5.69 Å². The first-order valence-electron chi connectivity index (χ1n) is 10.2. The number of nitrogens with zero attached hydrogens (tertiary/aromatic N) is 2. The number of H-pyrrole nitrogens is 1. The maximum atomic E-state index is 13.0. The highest BCUT2D eigenvalue weighted by atomic mass is 16.2. The smallest absolute Gasteiger partial charge is 0.346 e. The summed E-state index contributed by atoms with van der Waals surface area (Å²) < 4.78 is 0. The first kappa shape index (κ1) is 19.8. The minimum atomic E-state index is -0.537. The number of carbonyl (C=O) groups is 2. The van der Waals surface area contributed by atoms with Crippen LogP contribution in [0.3, 0.4) is 0 Å². The van der Waals surface area contributed by atoms with Gasteiger partial charge >= 0.3 is 5.69 Å². The van der Waals surface area contributed by atoms with Crippen LogP contribution in [-0.4, -0.2) is 46.3 Å². The van der Waals surface area contributed by atoms with E-state index in [0.29, 0.717) is 43.4 Å². The Morgan fingerprint density at radius 1 is 1.03 bits per heavy atom. The lowest BCUT2D eigenvalue weighted by atomic mass is 9.95. The van der Waals surface area contributed by atoms with E-state index in [9.17, 15) is 14.4 Å². The SMILES string of the molecule is O=C(NCCc1ccccc1)C1CCN(C(=O)c2nc(=O)[nH]c3ccccc23)CC1. The minimum absolute atomic E-state index is 0.0396. The molecule has 2 N–H and O–H groups in total. The number of hydrogen-bond acceptors (Lipinski definition) is 4. The van der Waals surface area contributed by atoms with Crippen LogP contribution in [0.5, 0.6) is 0 Å². The summed E-state index contributed by atoms with van der Waals surface area (Å²) in [5, 5.41) is 3.64. The third-order valence-corrected chi connectivity index (χ3v) is 5.55. The van der Waals surface area contributed by atoms with Gasteiger partial charge in [-0.2, -0.15) is 4.98 Å². The van der Waals surface area contributed by atoms with Crippen LogP contribution >= 0.6 is 0 Å². The molecule has 1 saturated heterocycles. The summed E-state index contributed by atoms with van der Waals surface area (Å²) in [5.41, 5.74) is 1.41. The summed E-state index contributed by atoms with van der Waals surface area (Å²) in [6.07, 6.45) is 2.00.